The first-order valence-corrected chi connectivity index (χ1v) is 9.50. The van der Waals surface area contributed by atoms with E-state index in [1.165, 1.54) is 6.07 Å². The monoisotopic (exact) mass is 412 g/mol. The number of ether oxygens (including phenoxy) is 2. The molecule has 0 unspecified atom stereocenters. The average Bonchev–Trinajstić information content (AvgIpc) is 2.70. The highest BCUT2D eigenvalue weighted by Crippen LogP contribution is 2.34. The Kier molecular flexibility index (Phi) is 8.07. The third-order valence-electron chi connectivity index (χ3n) is 4.49. The predicted octanol–water partition coefficient (Wildman–Crippen LogP) is 2.86. The van der Waals surface area contributed by atoms with Crippen LogP contribution < -0.4 is 9.47 Å². The van der Waals surface area contributed by atoms with Crippen LogP contribution in [0.1, 0.15) is 25.0 Å². The maximum Gasteiger partial charge on any atom is 0.165 e. The Morgan fingerprint density at radius 3 is 2.14 bits per heavy atom. The molecule has 0 aliphatic heterocycles. The van der Waals surface area contributed by atoms with Crippen LogP contribution in [-0.2, 0) is 5.41 Å². The van der Waals surface area contributed by atoms with Gasteiger partial charge in [0.25, 0.3) is 0 Å². The van der Waals surface area contributed by atoms with E-state index in [0.717, 1.165) is 11.1 Å². The van der Waals surface area contributed by atoms with Crippen molar-refractivity contribution < 1.29 is 29.2 Å². The predicted molar refractivity (Wildman–Crippen MR) is 106 cm³/mol. The summed E-state index contributed by atoms with van der Waals surface area (Å²) in [7, 11) is 0. The quantitative estimate of drug-likeness (QED) is 0.523. The molecule has 0 amide bonds. The van der Waals surface area contributed by atoms with E-state index in [1.807, 2.05) is 26.0 Å². The second-order valence-electron chi connectivity index (χ2n) is 7.06. The van der Waals surface area contributed by atoms with E-state index in [4.69, 9.17) is 26.2 Å². The molecule has 5 nitrogen and oxygen atoms in total. The van der Waals surface area contributed by atoms with Gasteiger partial charge in [-0.3, -0.25) is 0 Å². The van der Waals surface area contributed by atoms with Crippen molar-refractivity contribution in [2.24, 2.45) is 0 Å². The smallest absolute Gasteiger partial charge is 0.165 e. The molecule has 3 N–H and O–H groups in total. The molecule has 2 atom stereocenters. The van der Waals surface area contributed by atoms with Gasteiger partial charge >= 0.3 is 0 Å². The van der Waals surface area contributed by atoms with E-state index in [2.05, 4.69) is 0 Å². The molecular weight excluding hydrogens is 387 g/mol. The summed E-state index contributed by atoms with van der Waals surface area (Å²) >= 11 is 5.51. The maximum atomic E-state index is 14.4. The fraction of sp³-hybridized carbons (Fsp3) is 0.429. The van der Waals surface area contributed by atoms with E-state index in [9.17, 15) is 14.6 Å². The standard InChI is InChI=1S/C21H26ClFO5/c1-21(2,14-3-6-18(7-4-14)27-13-17(26)11-24)15-5-8-20(19(23)9-15)28-12-16(25)10-22/h3-9,16-17,24-26H,10-13H2,1-2H3/t16-,17+/m0/s1. The van der Waals surface area contributed by atoms with E-state index < -0.39 is 23.4 Å². The molecule has 0 bridgehead atoms. The number of alkyl halides is 1. The Balaban J connectivity index is 2.11. The minimum atomic E-state index is -0.926. The van der Waals surface area contributed by atoms with Crippen molar-refractivity contribution in [3.63, 3.8) is 0 Å². The van der Waals surface area contributed by atoms with E-state index in [1.54, 1.807) is 24.3 Å². The summed E-state index contributed by atoms with van der Waals surface area (Å²) in [6, 6.07) is 12.0. The van der Waals surface area contributed by atoms with E-state index >= 15 is 0 Å². The number of benzene rings is 2. The van der Waals surface area contributed by atoms with Gasteiger partial charge in [-0.05, 0) is 35.4 Å². The zero-order valence-electron chi connectivity index (χ0n) is 15.9. The lowest BCUT2D eigenvalue weighted by Gasteiger charge is -2.27. The molecule has 2 aromatic rings. The SMILES string of the molecule is CC(C)(c1ccc(OC[C@H](O)CO)cc1)c1ccc(OC[C@@H](O)CCl)c(F)c1. The summed E-state index contributed by atoms with van der Waals surface area (Å²) in [4.78, 5) is 0. The molecule has 0 aromatic heterocycles. The molecule has 7 heteroatoms. The number of hydrogen-bond donors (Lipinski definition) is 3. The second kappa shape index (κ2) is 10.1. The van der Waals surface area contributed by atoms with Crippen molar-refractivity contribution in [2.45, 2.75) is 31.5 Å². The van der Waals surface area contributed by atoms with Crippen molar-refractivity contribution in [1.29, 1.82) is 0 Å². The largest absolute Gasteiger partial charge is 0.491 e. The Labute approximate surface area is 169 Å². The average molecular weight is 413 g/mol. The minimum absolute atomic E-state index is 0.00429. The van der Waals surface area contributed by atoms with Crippen molar-refractivity contribution >= 4 is 11.6 Å². The summed E-state index contributed by atoms with van der Waals surface area (Å²) in [5.74, 6) is 0.144. The molecular formula is C21H26ClFO5. The first-order chi connectivity index (χ1) is 13.3. The van der Waals surface area contributed by atoms with Gasteiger partial charge in [-0.25, -0.2) is 4.39 Å². The van der Waals surface area contributed by atoms with Crippen LogP contribution in [0.2, 0.25) is 0 Å². The molecule has 0 saturated carbocycles. The van der Waals surface area contributed by atoms with Gasteiger partial charge in [0, 0.05) is 5.41 Å². The lowest BCUT2D eigenvalue weighted by molar-refractivity contribution is 0.0536. The highest BCUT2D eigenvalue weighted by molar-refractivity contribution is 6.18. The second-order valence-corrected chi connectivity index (χ2v) is 7.37. The van der Waals surface area contributed by atoms with Crippen LogP contribution in [0.5, 0.6) is 11.5 Å². The van der Waals surface area contributed by atoms with Crippen LogP contribution in [-0.4, -0.2) is 53.2 Å². The van der Waals surface area contributed by atoms with Crippen molar-refractivity contribution in [3.05, 3.63) is 59.4 Å². The van der Waals surface area contributed by atoms with Gasteiger partial charge < -0.3 is 24.8 Å². The molecule has 0 fully saturated rings. The summed E-state index contributed by atoms with van der Waals surface area (Å²) in [6.45, 7) is 3.52. The van der Waals surface area contributed by atoms with Crippen molar-refractivity contribution in [3.8, 4) is 11.5 Å². The molecule has 0 saturated heterocycles. The molecule has 0 spiro atoms. The zero-order valence-corrected chi connectivity index (χ0v) is 16.7. The fourth-order valence-electron chi connectivity index (χ4n) is 2.62. The van der Waals surface area contributed by atoms with Gasteiger partial charge in [-0.15, -0.1) is 11.6 Å². The number of aliphatic hydroxyl groups excluding tert-OH is 3. The van der Waals surface area contributed by atoms with Gasteiger partial charge in [0.1, 0.15) is 31.2 Å². The lowest BCUT2D eigenvalue weighted by atomic mass is 9.78. The first kappa shape index (κ1) is 22.4. The van der Waals surface area contributed by atoms with Crippen LogP contribution in [0, 0.1) is 5.82 Å². The molecule has 0 heterocycles. The highest BCUT2D eigenvalue weighted by atomic mass is 35.5. The Bertz CT molecular complexity index is 751. The van der Waals surface area contributed by atoms with Crippen LogP contribution in [0.15, 0.2) is 42.5 Å². The van der Waals surface area contributed by atoms with Crippen LogP contribution in [0.4, 0.5) is 4.39 Å². The molecule has 2 aromatic carbocycles. The normalized spacial score (nSPS) is 13.8. The molecule has 0 radical (unpaired) electrons. The topological polar surface area (TPSA) is 79.2 Å². The first-order valence-electron chi connectivity index (χ1n) is 8.97. The third kappa shape index (κ3) is 5.82. The Morgan fingerprint density at radius 2 is 1.57 bits per heavy atom. The van der Waals surface area contributed by atoms with E-state index in [0.29, 0.717) is 5.75 Å². The summed E-state index contributed by atoms with van der Waals surface area (Å²) < 4.78 is 25.1. The van der Waals surface area contributed by atoms with E-state index in [-0.39, 0.29) is 31.5 Å². The molecule has 0 aliphatic carbocycles. The molecule has 0 aliphatic rings. The number of halogens is 2. The van der Waals surface area contributed by atoms with Gasteiger partial charge in [-0.2, -0.15) is 0 Å². The van der Waals surface area contributed by atoms with Crippen LogP contribution in [0.25, 0.3) is 0 Å². The fourth-order valence-corrected chi connectivity index (χ4v) is 2.71. The van der Waals surface area contributed by atoms with Crippen molar-refractivity contribution in [1.82, 2.24) is 0 Å². The highest BCUT2D eigenvalue weighted by Gasteiger charge is 2.24. The Hall–Kier alpha value is -1.86. The van der Waals surface area contributed by atoms with Crippen LogP contribution in [0.3, 0.4) is 0 Å². The maximum absolute atomic E-state index is 14.4. The lowest BCUT2D eigenvalue weighted by Crippen LogP contribution is -2.22. The number of rotatable bonds is 10. The Morgan fingerprint density at radius 1 is 0.964 bits per heavy atom. The third-order valence-corrected chi connectivity index (χ3v) is 4.85. The van der Waals surface area contributed by atoms with Crippen molar-refractivity contribution in [2.75, 3.05) is 25.7 Å². The minimum Gasteiger partial charge on any atom is -0.491 e. The van der Waals surface area contributed by atoms with Gasteiger partial charge in [-0.1, -0.05) is 32.0 Å². The number of hydrogen-bond acceptors (Lipinski definition) is 5. The van der Waals surface area contributed by atoms with Gasteiger partial charge in [0.15, 0.2) is 11.6 Å². The zero-order chi connectivity index (χ0) is 20.7. The van der Waals surface area contributed by atoms with Gasteiger partial charge in [0.05, 0.1) is 12.5 Å². The molecule has 2 rings (SSSR count). The van der Waals surface area contributed by atoms with Gasteiger partial charge in [0.2, 0.25) is 0 Å². The van der Waals surface area contributed by atoms with Crippen LogP contribution >= 0.6 is 11.6 Å². The number of aliphatic hydroxyl groups is 3. The summed E-state index contributed by atoms with van der Waals surface area (Å²) in [5, 5.41) is 27.6. The molecule has 28 heavy (non-hydrogen) atoms. The summed E-state index contributed by atoms with van der Waals surface area (Å²) in [5.41, 5.74) is 1.24. The summed E-state index contributed by atoms with van der Waals surface area (Å²) in [6.07, 6.45) is -1.78. The molecule has 154 valence electrons.